The van der Waals surface area contributed by atoms with Crippen LogP contribution in [0.2, 0.25) is 0 Å². The lowest BCUT2D eigenvalue weighted by atomic mass is 9.88. The first-order chi connectivity index (χ1) is 7.88. The SMILES string of the molecule is C#CN[C@H]1[C@@H](O)[C@H](O)[C@@H](CO)OC1(O)C(C)=O. The van der Waals surface area contributed by atoms with Crippen LogP contribution in [0.1, 0.15) is 6.92 Å². The third-order valence-corrected chi connectivity index (χ3v) is 2.75. The molecule has 5 N–H and O–H groups in total. The predicted octanol–water partition coefficient (Wildman–Crippen LogP) is -3.07. The largest absolute Gasteiger partial charge is 0.394 e. The van der Waals surface area contributed by atoms with Crippen molar-refractivity contribution in [3.63, 3.8) is 0 Å². The first kappa shape index (κ1) is 13.9. The predicted molar refractivity (Wildman–Crippen MR) is 55.4 cm³/mol. The fourth-order valence-electron chi connectivity index (χ4n) is 1.74. The van der Waals surface area contributed by atoms with E-state index in [2.05, 4.69) is 5.32 Å². The van der Waals surface area contributed by atoms with Crippen LogP contribution in [-0.2, 0) is 9.53 Å². The smallest absolute Gasteiger partial charge is 0.250 e. The molecule has 0 radical (unpaired) electrons. The average Bonchev–Trinajstić information content (AvgIpc) is 2.29. The maximum Gasteiger partial charge on any atom is 0.250 e. The van der Waals surface area contributed by atoms with Crippen LogP contribution in [0.5, 0.6) is 0 Å². The normalized spacial score (nSPS) is 41.6. The molecule has 0 aromatic rings. The number of carbonyl (C=O) groups excluding carboxylic acids is 1. The lowest BCUT2D eigenvalue weighted by molar-refractivity contribution is -0.300. The van der Waals surface area contributed by atoms with Crippen LogP contribution < -0.4 is 5.32 Å². The lowest BCUT2D eigenvalue weighted by Gasteiger charge is -2.45. The molecule has 17 heavy (non-hydrogen) atoms. The zero-order valence-electron chi connectivity index (χ0n) is 9.20. The summed E-state index contributed by atoms with van der Waals surface area (Å²) in [5.41, 5.74) is 0. The van der Waals surface area contributed by atoms with Crippen LogP contribution in [-0.4, -0.2) is 63.0 Å². The van der Waals surface area contributed by atoms with E-state index >= 15 is 0 Å². The fourth-order valence-corrected chi connectivity index (χ4v) is 1.74. The molecule has 1 unspecified atom stereocenters. The highest BCUT2D eigenvalue weighted by Gasteiger charge is 2.56. The van der Waals surface area contributed by atoms with Crippen molar-refractivity contribution in [1.82, 2.24) is 5.32 Å². The summed E-state index contributed by atoms with van der Waals surface area (Å²) in [5, 5.41) is 40.5. The van der Waals surface area contributed by atoms with Gasteiger partial charge in [-0.2, -0.15) is 0 Å². The highest BCUT2D eigenvalue weighted by Crippen LogP contribution is 2.28. The molecule has 1 saturated heterocycles. The summed E-state index contributed by atoms with van der Waals surface area (Å²) in [5.74, 6) is -3.19. The quantitative estimate of drug-likeness (QED) is 0.264. The van der Waals surface area contributed by atoms with Crippen LogP contribution in [0.25, 0.3) is 0 Å². The van der Waals surface area contributed by atoms with Crippen LogP contribution >= 0.6 is 0 Å². The molecular formula is C10H15NO6. The van der Waals surface area contributed by atoms with E-state index < -0.39 is 42.5 Å². The minimum atomic E-state index is -2.39. The van der Waals surface area contributed by atoms with Crippen LogP contribution in [0.15, 0.2) is 0 Å². The Morgan fingerprint density at radius 3 is 2.53 bits per heavy atom. The van der Waals surface area contributed by atoms with Gasteiger partial charge in [0, 0.05) is 13.0 Å². The van der Waals surface area contributed by atoms with Crippen molar-refractivity contribution in [2.24, 2.45) is 0 Å². The van der Waals surface area contributed by atoms with Gasteiger partial charge in [-0.3, -0.25) is 4.79 Å². The zero-order chi connectivity index (χ0) is 13.2. The number of rotatable bonds is 3. The van der Waals surface area contributed by atoms with E-state index in [4.69, 9.17) is 16.3 Å². The van der Waals surface area contributed by atoms with E-state index in [0.29, 0.717) is 0 Å². The van der Waals surface area contributed by atoms with Gasteiger partial charge in [-0.25, -0.2) is 0 Å². The van der Waals surface area contributed by atoms with E-state index in [1.165, 1.54) is 0 Å². The minimum absolute atomic E-state index is 0.656. The lowest BCUT2D eigenvalue weighted by Crippen LogP contribution is -2.71. The van der Waals surface area contributed by atoms with E-state index in [1.54, 1.807) is 0 Å². The summed E-state index contributed by atoms with van der Waals surface area (Å²) in [6.45, 7) is 0.390. The number of ether oxygens (including phenoxy) is 1. The molecule has 0 saturated carbocycles. The number of Topliss-reactive ketones (excluding diaryl/α,β-unsaturated/α-hetero) is 1. The Bertz CT molecular complexity index is 340. The Morgan fingerprint density at radius 2 is 2.12 bits per heavy atom. The number of ketones is 1. The van der Waals surface area contributed by atoms with Crippen molar-refractivity contribution < 1.29 is 30.0 Å². The number of carbonyl (C=O) groups is 1. The molecule has 1 aliphatic rings. The van der Waals surface area contributed by atoms with E-state index in [1.807, 2.05) is 6.04 Å². The summed E-state index contributed by atoms with van der Waals surface area (Å²) in [6.07, 6.45) is 0.688. The molecule has 0 aromatic heterocycles. The zero-order valence-corrected chi connectivity index (χ0v) is 9.20. The van der Waals surface area contributed by atoms with Crippen molar-refractivity contribution in [2.45, 2.75) is 37.1 Å². The molecule has 1 heterocycles. The minimum Gasteiger partial charge on any atom is -0.394 e. The molecule has 1 fully saturated rings. The Morgan fingerprint density at radius 1 is 1.53 bits per heavy atom. The van der Waals surface area contributed by atoms with Crippen LogP contribution in [0.3, 0.4) is 0 Å². The van der Waals surface area contributed by atoms with Crippen molar-refractivity contribution in [1.29, 1.82) is 0 Å². The summed E-state index contributed by atoms with van der Waals surface area (Å²) >= 11 is 0. The Labute approximate surface area is 98.0 Å². The van der Waals surface area contributed by atoms with Crippen molar-refractivity contribution in [3.05, 3.63) is 0 Å². The van der Waals surface area contributed by atoms with E-state index in [9.17, 15) is 20.1 Å². The van der Waals surface area contributed by atoms with Gasteiger partial charge in [-0.15, -0.1) is 0 Å². The molecule has 7 nitrogen and oxygen atoms in total. The van der Waals surface area contributed by atoms with Crippen molar-refractivity contribution >= 4 is 5.78 Å². The third kappa shape index (κ3) is 2.26. The maximum atomic E-state index is 11.4. The molecule has 0 amide bonds. The van der Waals surface area contributed by atoms with Crippen molar-refractivity contribution in [3.8, 4) is 12.5 Å². The molecule has 0 spiro atoms. The Balaban J connectivity index is 3.08. The first-order valence-electron chi connectivity index (χ1n) is 4.97. The average molecular weight is 245 g/mol. The van der Waals surface area contributed by atoms with Gasteiger partial charge in [0.25, 0.3) is 5.79 Å². The highest BCUT2D eigenvalue weighted by atomic mass is 16.7. The van der Waals surface area contributed by atoms with Gasteiger partial charge in [0.1, 0.15) is 24.4 Å². The third-order valence-electron chi connectivity index (χ3n) is 2.75. The second-order valence-electron chi connectivity index (χ2n) is 3.84. The summed E-state index contributed by atoms with van der Waals surface area (Å²) in [4.78, 5) is 11.4. The molecule has 0 aliphatic carbocycles. The number of aliphatic hydroxyl groups is 4. The molecule has 0 aromatic carbocycles. The molecule has 5 atom stereocenters. The number of terminal acetylenes is 1. The van der Waals surface area contributed by atoms with Crippen LogP contribution in [0, 0.1) is 12.5 Å². The molecule has 96 valence electrons. The van der Waals surface area contributed by atoms with E-state index in [-0.39, 0.29) is 0 Å². The van der Waals surface area contributed by atoms with Gasteiger partial charge in [0.2, 0.25) is 0 Å². The van der Waals surface area contributed by atoms with Gasteiger partial charge >= 0.3 is 0 Å². The van der Waals surface area contributed by atoms with Gasteiger partial charge in [-0.05, 0) is 0 Å². The molecule has 1 rings (SSSR count). The topological polar surface area (TPSA) is 119 Å². The second-order valence-corrected chi connectivity index (χ2v) is 3.84. The highest BCUT2D eigenvalue weighted by molar-refractivity contribution is 5.84. The summed E-state index contributed by atoms with van der Waals surface area (Å²) < 4.78 is 4.92. The Hall–Kier alpha value is -1.17. The van der Waals surface area contributed by atoms with Gasteiger partial charge < -0.3 is 30.5 Å². The maximum absolute atomic E-state index is 11.4. The van der Waals surface area contributed by atoms with Gasteiger partial charge in [0.15, 0.2) is 5.78 Å². The standard InChI is InChI=1S/C10H15NO6/c1-3-11-9-8(15)7(14)6(4-12)17-10(9,16)5(2)13/h1,6-9,11-12,14-16H,4H2,2H3/t6-,7-,8+,9+,10?/m1/s1. The first-order valence-corrected chi connectivity index (χ1v) is 4.97. The summed E-state index contributed by atoms with van der Waals surface area (Å²) in [6, 6.07) is 0.583. The number of hydrogen-bond acceptors (Lipinski definition) is 7. The number of aliphatic hydroxyl groups excluding tert-OH is 3. The van der Waals surface area contributed by atoms with Gasteiger partial charge in [0.05, 0.1) is 6.61 Å². The monoisotopic (exact) mass is 245 g/mol. The number of hydrogen-bond donors (Lipinski definition) is 5. The second kappa shape index (κ2) is 5.00. The molecule has 1 aliphatic heterocycles. The molecule has 0 bridgehead atoms. The van der Waals surface area contributed by atoms with Crippen LogP contribution in [0.4, 0.5) is 0 Å². The summed E-state index contributed by atoms with van der Waals surface area (Å²) in [7, 11) is 0. The van der Waals surface area contributed by atoms with Gasteiger partial charge in [-0.1, -0.05) is 6.42 Å². The van der Waals surface area contributed by atoms with E-state index in [0.717, 1.165) is 6.92 Å². The Kier molecular flexibility index (Phi) is 4.08. The van der Waals surface area contributed by atoms with Crippen molar-refractivity contribution in [2.75, 3.05) is 6.61 Å². The number of nitrogens with one attached hydrogen (secondary N) is 1. The molecular weight excluding hydrogens is 230 g/mol. The molecule has 7 heteroatoms. The fraction of sp³-hybridized carbons (Fsp3) is 0.700.